The fraction of sp³-hybridized carbons (Fsp3) is 0.231. The molecule has 0 unspecified atom stereocenters. The number of nitrogens with one attached hydrogen (secondary N) is 2. The minimum Gasteiger partial charge on any atom is -0.373 e. The van der Waals surface area contributed by atoms with Crippen molar-refractivity contribution in [2.45, 2.75) is 6.92 Å². The van der Waals surface area contributed by atoms with Crippen LogP contribution in [0.1, 0.15) is 5.69 Å². The maximum absolute atomic E-state index is 11.8. The number of anilines is 2. The first-order valence-corrected chi connectivity index (χ1v) is 6.22. The van der Waals surface area contributed by atoms with E-state index in [1.54, 1.807) is 16.8 Å². The van der Waals surface area contributed by atoms with E-state index in [1.807, 2.05) is 32.3 Å². The number of hydrogen-bond acceptors (Lipinski definition) is 3. The van der Waals surface area contributed by atoms with Crippen LogP contribution in [-0.2, 0) is 11.8 Å². The SMILES string of the molecule is Cc1nn(C)cc1NCC(=O)Nc1ccccc1Cl. The molecule has 1 aromatic carbocycles. The number of aromatic nitrogens is 2. The predicted octanol–water partition coefficient (Wildman–Crippen LogP) is 2.43. The number of rotatable bonds is 4. The van der Waals surface area contributed by atoms with E-state index < -0.39 is 0 Å². The second-order valence-electron chi connectivity index (χ2n) is 4.18. The number of hydrogen-bond donors (Lipinski definition) is 2. The highest BCUT2D eigenvalue weighted by Crippen LogP contribution is 2.20. The monoisotopic (exact) mass is 278 g/mol. The van der Waals surface area contributed by atoms with Crippen LogP contribution < -0.4 is 10.6 Å². The van der Waals surface area contributed by atoms with Crippen molar-refractivity contribution in [3.8, 4) is 0 Å². The number of para-hydroxylation sites is 1. The number of halogens is 1. The van der Waals surface area contributed by atoms with Gasteiger partial charge in [0.2, 0.25) is 5.91 Å². The van der Waals surface area contributed by atoms with Gasteiger partial charge in [0.1, 0.15) is 0 Å². The van der Waals surface area contributed by atoms with E-state index >= 15 is 0 Å². The van der Waals surface area contributed by atoms with Crippen LogP contribution in [0.3, 0.4) is 0 Å². The van der Waals surface area contributed by atoms with Gasteiger partial charge in [0.05, 0.1) is 28.6 Å². The van der Waals surface area contributed by atoms with E-state index in [2.05, 4.69) is 15.7 Å². The Morgan fingerprint density at radius 3 is 2.74 bits per heavy atom. The third kappa shape index (κ3) is 3.48. The quantitative estimate of drug-likeness (QED) is 0.903. The Bertz CT molecular complexity index is 594. The first-order chi connectivity index (χ1) is 9.06. The Balaban J connectivity index is 1.92. The van der Waals surface area contributed by atoms with Gasteiger partial charge in [-0.25, -0.2) is 0 Å². The molecular formula is C13H15ClN4O. The lowest BCUT2D eigenvalue weighted by atomic mass is 10.3. The van der Waals surface area contributed by atoms with Crippen LogP contribution in [0.4, 0.5) is 11.4 Å². The number of carbonyl (C=O) groups is 1. The van der Waals surface area contributed by atoms with Crippen LogP contribution in [0.15, 0.2) is 30.5 Å². The van der Waals surface area contributed by atoms with Gasteiger partial charge < -0.3 is 10.6 Å². The van der Waals surface area contributed by atoms with Crippen molar-refractivity contribution in [2.24, 2.45) is 7.05 Å². The van der Waals surface area contributed by atoms with Gasteiger partial charge in [0.25, 0.3) is 0 Å². The third-order valence-electron chi connectivity index (χ3n) is 2.60. The lowest BCUT2D eigenvalue weighted by Crippen LogP contribution is -2.22. The fourth-order valence-corrected chi connectivity index (χ4v) is 1.89. The fourth-order valence-electron chi connectivity index (χ4n) is 1.71. The first-order valence-electron chi connectivity index (χ1n) is 5.85. The molecule has 1 heterocycles. The highest BCUT2D eigenvalue weighted by molar-refractivity contribution is 6.33. The van der Waals surface area contributed by atoms with Gasteiger partial charge in [0, 0.05) is 13.2 Å². The summed E-state index contributed by atoms with van der Waals surface area (Å²) in [6.45, 7) is 2.05. The summed E-state index contributed by atoms with van der Waals surface area (Å²) in [6.07, 6.45) is 1.83. The van der Waals surface area contributed by atoms with E-state index in [1.165, 1.54) is 0 Å². The standard InChI is InChI=1S/C13H15ClN4O/c1-9-12(8-18(2)17-9)15-7-13(19)16-11-6-4-3-5-10(11)14/h3-6,8,15H,7H2,1-2H3,(H,16,19). The first kappa shape index (κ1) is 13.4. The Morgan fingerprint density at radius 1 is 1.37 bits per heavy atom. The molecule has 19 heavy (non-hydrogen) atoms. The number of carbonyl (C=O) groups excluding carboxylic acids is 1. The van der Waals surface area contributed by atoms with Crippen molar-refractivity contribution in [2.75, 3.05) is 17.2 Å². The van der Waals surface area contributed by atoms with Gasteiger partial charge in [-0.05, 0) is 19.1 Å². The van der Waals surface area contributed by atoms with Crippen molar-refractivity contribution in [1.29, 1.82) is 0 Å². The molecule has 2 rings (SSSR count). The van der Waals surface area contributed by atoms with E-state index in [9.17, 15) is 4.79 Å². The molecule has 0 aliphatic heterocycles. The molecule has 0 fully saturated rings. The smallest absolute Gasteiger partial charge is 0.243 e. The molecule has 0 saturated carbocycles. The van der Waals surface area contributed by atoms with Gasteiger partial charge in [-0.15, -0.1) is 0 Å². The van der Waals surface area contributed by atoms with Gasteiger partial charge in [-0.2, -0.15) is 5.10 Å². The zero-order chi connectivity index (χ0) is 13.8. The number of benzene rings is 1. The summed E-state index contributed by atoms with van der Waals surface area (Å²) < 4.78 is 1.70. The highest BCUT2D eigenvalue weighted by atomic mass is 35.5. The summed E-state index contributed by atoms with van der Waals surface area (Å²) in [5, 5.41) is 10.5. The van der Waals surface area contributed by atoms with Gasteiger partial charge >= 0.3 is 0 Å². The molecular weight excluding hydrogens is 264 g/mol. The molecule has 1 amide bonds. The maximum atomic E-state index is 11.8. The van der Waals surface area contributed by atoms with Crippen LogP contribution in [-0.4, -0.2) is 22.2 Å². The minimum absolute atomic E-state index is 0.156. The van der Waals surface area contributed by atoms with Gasteiger partial charge in [-0.3, -0.25) is 9.48 Å². The second-order valence-corrected chi connectivity index (χ2v) is 4.59. The molecule has 0 aliphatic carbocycles. The van der Waals surface area contributed by atoms with Crippen LogP contribution in [0.2, 0.25) is 5.02 Å². The summed E-state index contributed by atoms with van der Waals surface area (Å²) in [5.41, 5.74) is 2.31. The molecule has 0 radical (unpaired) electrons. The molecule has 0 bridgehead atoms. The molecule has 2 N–H and O–H groups in total. The number of nitrogens with zero attached hydrogens (tertiary/aromatic N) is 2. The van der Waals surface area contributed by atoms with Crippen LogP contribution in [0.25, 0.3) is 0 Å². The van der Waals surface area contributed by atoms with Crippen LogP contribution >= 0.6 is 11.6 Å². The summed E-state index contributed by atoms with van der Waals surface area (Å²) in [6, 6.07) is 7.13. The summed E-state index contributed by atoms with van der Waals surface area (Å²) in [4.78, 5) is 11.8. The van der Waals surface area contributed by atoms with Crippen molar-refractivity contribution >= 4 is 28.9 Å². The molecule has 1 aromatic heterocycles. The molecule has 0 atom stereocenters. The van der Waals surface area contributed by atoms with E-state index in [0.29, 0.717) is 10.7 Å². The van der Waals surface area contributed by atoms with Gasteiger partial charge in [-0.1, -0.05) is 23.7 Å². The van der Waals surface area contributed by atoms with Crippen molar-refractivity contribution in [1.82, 2.24) is 9.78 Å². The zero-order valence-corrected chi connectivity index (χ0v) is 11.5. The van der Waals surface area contributed by atoms with E-state index in [0.717, 1.165) is 11.4 Å². The molecule has 2 aromatic rings. The van der Waals surface area contributed by atoms with E-state index in [4.69, 9.17) is 11.6 Å². The largest absolute Gasteiger partial charge is 0.373 e. The lowest BCUT2D eigenvalue weighted by Gasteiger charge is -2.08. The second kappa shape index (κ2) is 5.75. The number of amides is 1. The normalized spacial score (nSPS) is 10.3. The molecule has 0 saturated heterocycles. The summed E-state index contributed by atoms with van der Waals surface area (Å²) in [5.74, 6) is -0.156. The zero-order valence-electron chi connectivity index (χ0n) is 10.8. The highest BCUT2D eigenvalue weighted by Gasteiger charge is 2.07. The lowest BCUT2D eigenvalue weighted by molar-refractivity contribution is -0.114. The van der Waals surface area contributed by atoms with Crippen LogP contribution in [0.5, 0.6) is 0 Å². The number of aryl methyl sites for hydroxylation is 2. The Kier molecular flexibility index (Phi) is 4.06. The Morgan fingerprint density at radius 2 is 2.11 bits per heavy atom. The van der Waals surface area contributed by atoms with Crippen molar-refractivity contribution in [3.05, 3.63) is 41.2 Å². The van der Waals surface area contributed by atoms with Crippen molar-refractivity contribution in [3.63, 3.8) is 0 Å². The Hall–Kier alpha value is -2.01. The average molecular weight is 279 g/mol. The third-order valence-corrected chi connectivity index (χ3v) is 2.93. The minimum atomic E-state index is -0.156. The van der Waals surface area contributed by atoms with Crippen molar-refractivity contribution < 1.29 is 4.79 Å². The molecule has 5 nitrogen and oxygen atoms in total. The predicted molar refractivity (Wildman–Crippen MR) is 76.5 cm³/mol. The molecule has 100 valence electrons. The van der Waals surface area contributed by atoms with Crippen LogP contribution in [0, 0.1) is 6.92 Å². The Labute approximate surface area is 116 Å². The topological polar surface area (TPSA) is 59.0 Å². The average Bonchev–Trinajstić information content (AvgIpc) is 2.68. The van der Waals surface area contributed by atoms with Gasteiger partial charge in [0.15, 0.2) is 0 Å². The summed E-state index contributed by atoms with van der Waals surface area (Å²) >= 11 is 5.97. The summed E-state index contributed by atoms with van der Waals surface area (Å²) in [7, 11) is 1.84. The molecule has 0 spiro atoms. The van der Waals surface area contributed by atoms with E-state index in [-0.39, 0.29) is 12.5 Å². The molecule has 6 heteroatoms. The maximum Gasteiger partial charge on any atom is 0.243 e. The molecule has 0 aliphatic rings.